The molecule has 0 spiro atoms. The quantitative estimate of drug-likeness (QED) is 0.768. The lowest BCUT2D eigenvalue weighted by Gasteiger charge is -2.19. The number of amides is 1. The molecule has 0 saturated heterocycles. The predicted molar refractivity (Wildman–Crippen MR) is 71.0 cm³/mol. The molecule has 4 heteroatoms. The van der Waals surface area contributed by atoms with Crippen molar-refractivity contribution in [3.05, 3.63) is 29.8 Å². The van der Waals surface area contributed by atoms with Gasteiger partial charge < -0.3 is 15.8 Å². The highest BCUT2D eigenvalue weighted by Gasteiger charge is 2.17. The first-order chi connectivity index (χ1) is 8.60. The summed E-state index contributed by atoms with van der Waals surface area (Å²) in [6.07, 6.45) is 5.35. The number of ether oxygens (including phenoxy) is 1. The third-order valence-corrected chi connectivity index (χ3v) is 2.64. The van der Waals surface area contributed by atoms with Crippen molar-refractivity contribution in [2.24, 2.45) is 5.73 Å². The maximum atomic E-state index is 11.7. The zero-order valence-electron chi connectivity index (χ0n) is 10.6. The van der Waals surface area contributed by atoms with Crippen LogP contribution in [0.15, 0.2) is 24.3 Å². The minimum Gasteiger partial charge on any atom is -0.496 e. The van der Waals surface area contributed by atoms with Crippen molar-refractivity contribution in [2.45, 2.75) is 25.4 Å². The first-order valence-corrected chi connectivity index (χ1v) is 5.72. The molecule has 1 amide bonds. The summed E-state index contributed by atoms with van der Waals surface area (Å²) in [6.45, 7) is 1.87. The normalized spacial score (nSPS) is 13.2. The lowest BCUT2D eigenvalue weighted by molar-refractivity contribution is -0.122. The van der Waals surface area contributed by atoms with Crippen LogP contribution in [0.5, 0.6) is 5.75 Å². The van der Waals surface area contributed by atoms with E-state index < -0.39 is 6.04 Å². The number of para-hydroxylation sites is 1. The number of rotatable bonds is 5. The van der Waals surface area contributed by atoms with E-state index in [1.54, 1.807) is 7.11 Å². The number of nitrogens with two attached hydrogens (primary N) is 1. The molecule has 2 atom stereocenters. The van der Waals surface area contributed by atoms with E-state index in [1.165, 1.54) is 0 Å². The maximum absolute atomic E-state index is 11.7. The van der Waals surface area contributed by atoms with Gasteiger partial charge in [-0.3, -0.25) is 4.79 Å². The molecule has 0 aliphatic carbocycles. The van der Waals surface area contributed by atoms with E-state index in [0.717, 1.165) is 11.3 Å². The van der Waals surface area contributed by atoms with E-state index in [1.807, 2.05) is 31.2 Å². The van der Waals surface area contributed by atoms with E-state index in [4.69, 9.17) is 16.9 Å². The molecule has 0 aliphatic rings. The van der Waals surface area contributed by atoms with Crippen LogP contribution in [0.2, 0.25) is 0 Å². The Kier molecular flexibility index (Phi) is 5.22. The topological polar surface area (TPSA) is 64.4 Å². The molecule has 18 heavy (non-hydrogen) atoms. The van der Waals surface area contributed by atoms with E-state index in [9.17, 15) is 4.79 Å². The van der Waals surface area contributed by atoms with Gasteiger partial charge in [-0.25, -0.2) is 0 Å². The average molecular weight is 246 g/mol. The van der Waals surface area contributed by atoms with Gasteiger partial charge in [-0.05, 0) is 13.0 Å². The van der Waals surface area contributed by atoms with E-state index in [0.29, 0.717) is 0 Å². The van der Waals surface area contributed by atoms with Crippen LogP contribution in [0.1, 0.15) is 24.9 Å². The van der Waals surface area contributed by atoms with Gasteiger partial charge in [-0.15, -0.1) is 12.3 Å². The van der Waals surface area contributed by atoms with Crippen LogP contribution in [-0.2, 0) is 4.79 Å². The van der Waals surface area contributed by atoms with Gasteiger partial charge in [0, 0.05) is 12.0 Å². The number of methoxy groups -OCH3 is 1. The van der Waals surface area contributed by atoms with Crippen molar-refractivity contribution in [3.63, 3.8) is 0 Å². The van der Waals surface area contributed by atoms with Crippen molar-refractivity contribution in [1.82, 2.24) is 5.32 Å². The molecular weight excluding hydrogens is 228 g/mol. The van der Waals surface area contributed by atoms with Gasteiger partial charge in [0.15, 0.2) is 0 Å². The summed E-state index contributed by atoms with van der Waals surface area (Å²) >= 11 is 0. The van der Waals surface area contributed by atoms with E-state index in [2.05, 4.69) is 11.2 Å². The Bertz CT molecular complexity index is 451. The number of benzene rings is 1. The van der Waals surface area contributed by atoms with Crippen LogP contribution in [-0.4, -0.2) is 19.1 Å². The molecule has 0 aromatic heterocycles. The minimum absolute atomic E-state index is 0.183. The number of carbonyl (C=O) groups excluding carboxylic acids is 1. The first kappa shape index (κ1) is 14.1. The Labute approximate surface area is 108 Å². The van der Waals surface area contributed by atoms with Crippen LogP contribution >= 0.6 is 0 Å². The van der Waals surface area contributed by atoms with Crippen LogP contribution in [0.3, 0.4) is 0 Å². The Balaban J connectivity index is 2.73. The standard InChI is InChI=1S/C14H18N2O2/c1-4-7-12(15)14(17)16-10(2)11-8-5-6-9-13(11)18-3/h1,5-6,8-10,12H,7,15H2,2-3H3,(H,16,17). The molecule has 1 aromatic carbocycles. The van der Waals surface area contributed by atoms with Crippen molar-refractivity contribution < 1.29 is 9.53 Å². The summed E-state index contributed by atoms with van der Waals surface area (Å²) < 4.78 is 5.24. The second-order valence-corrected chi connectivity index (χ2v) is 3.99. The molecule has 2 unspecified atom stereocenters. The van der Waals surface area contributed by atoms with Crippen molar-refractivity contribution in [3.8, 4) is 18.1 Å². The van der Waals surface area contributed by atoms with Gasteiger partial charge in [-0.2, -0.15) is 0 Å². The minimum atomic E-state index is -0.674. The molecule has 0 radical (unpaired) electrons. The Hall–Kier alpha value is -1.99. The number of hydrogen-bond acceptors (Lipinski definition) is 3. The molecule has 1 rings (SSSR count). The summed E-state index contributed by atoms with van der Waals surface area (Å²) in [5.74, 6) is 2.85. The van der Waals surface area contributed by atoms with Crippen LogP contribution in [0.25, 0.3) is 0 Å². The van der Waals surface area contributed by atoms with Crippen LogP contribution in [0, 0.1) is 12.3 Å². The fraction of sp³-hybridized carbons (Fsp3) is 0.357. The van der Waals surface area contributed by atoms with Gasteiger partial charge in [0.2, 0.25) is 5.91 Å². The van der Waals surface area contributed by atoms with E-state index >= 15 is 0 Å². The number of carbonyl (C=O) groups is 1. The van der Waals surface area contributed by atoms with Crippen molar-refractivity contribution in [2.75, 3.05) is 7.11 Å². The smallest absolute Gasteiger partial charge is 0.238 e. The summed E-state index contributed by atoms with van der Waals surface area (Å²) in [6, 6.07) is 6.66. The van der Waals surface area contributed by atoms with Gasteiger partial charge in [-0.1, -0.05) is 18.2 Å². The second-order valence-electron chi connectivity index (χ2n) is 3.99. The highest BCUT2D eigenvalue weighted by molar-refractivity contribution is 5.82. The predicted octanol–water partition coefficient (Wildman–Crippen LogP) is 1.22. The van der Waals surface area contributed by atoms with Gasteiger partial charge >= 0.3 is 0 Å². The fourth-order valence-corrected chi connectivity index (χ4v) is 1.64. The van der Waals surface area contributed by atoms with Crippen molar-refractivity contribution >= 4 is 5.91 Å². The summed E-state index contributed by atoms with van der Waals surface area (Å²) in [5.41, 5.74) is 6.54. The summed E-state index contributed by atoms with van der Waals surface area (Å²) in [7, 11) is 1.59. The van der Waals surface area contributed by atoms with Gasteiger partial charge in [0.25, 0.3) is 0 Å². The molecule has 3 N–H and O–H groups in total. The van der Waals surface area contributed by atoms with Crippen LogP contribution in [0.4, 0.5) is 0 Å². The Morgan fingerprint density at radius 3 is 2.83 bits per heavy atom. The Morgan fingerprint density at radius 2 is 2.22 bits per heavy atom. The highest BCUT2D eigenvalue weighted by atomic mass is 16.5. The summed E-state index contributed by atoms with van der Waals surface area (Å²) in [5, 5.41) is 2.82. The monoisotopic (exact) mass is 246 g/mol. The maximum Gasteiger partial charge on any atom is 0.238 e. The molecule has 1 aromatic rings. The lowest BCUT2D eigenvalue weighted by atomic mass is 10.1. The largest absolute Gasteiger partial charge is 0.496 e. The molecule has 0 saturated carbocycles. The number of terminal acetylenes is 1. The highest BCUT2D eigenvalue weighted by Crippen LogP contribution is 2.24. The van der Waals surface area contributed by atoms with E-state index in [-0.39, 0.29) is 18.4 Å². The lowest BCUT2D eigenvalue weighted by Crippen LogP contribution is -2.41. The first-order valence-electron chi connectivity index (χ1n) is 5.72. The third-order valence-electron chi connectivity index (χ3n) is 2.64. The zero-order valence-corrected chi connectivity index (χ0v) is 10.6. The molecule has 0 fully saturated rings. The second kappa shape index (κ2) is 6.67. The Morgan fingerprint density at radius 1 is 1.56 bits per heavy atom. The third kappa shape index (κ3) is 3.51. The molecule has 0 heterocycles. The average Bonchev–Trinajstić information content (AvgIpc) is 2.38. The summed E-state index contributed by atoms with van der Waals surface area (Å²) in [4.78, 5) is 11.7. The fourth-order valence-electron chi connectivity index (χ4n) is 1.64. The van der Waals surface area contributed by atoms with Gasteiger partial charge in [0.05, 0.1) is 19.2 Å². The molecule has 4 nitrogen and oxygen atoms in total. The molecule has 0 bridgehead atoms. The molecular formula is C14H18N2O2. The molecule has 96 valence electrons. The van der Waals surface area contributed by atoms with Gasteiger partial charge in [0.1, 0.15) is 5.75 Å². The molecule has 0 aliphatic heterocycles. The van der Waals surface area contributed by atoms with Crippen LogP contribution < -0.4 is 15.8 Å². The van der Waals surface area contributed by atoms with Crippen molar-refractivity contribution in [1.29, 1.82) is 0 Å². The number of nitrogens with one attached hydrogen (secondary N) is 1. The SMILES string of the molecule is C#CCC(N)C(=O)NC(C)c1ccccc1OC. The number of hydrogen-bond donors (Lipinski definition) is 2. The zero-order chi connectivity index (χ0) is 13.5.